The van der Waals surface area contributed by atoms with Gasteiger partial charge in [0.15, 0.2) is 15.0 Å². The van der Waals surface area contributed by atoms with Crippen LogP contribution in [0.4, 0.5) is 0 Å². The van der Waals surface area contributed by atoms with E-state index in [0.717, 1.165) is 11.3 Å². The predicted octanol–water partition coefficient (Wildman–Crippen LogP) is 1.87. The number of benzene rings is 1. The lowest BCUT2D eigenvalue weighted by molar-refractivity contribution is -0.118. The number of carbonyl (C=O) groups is 1. The van der Waals surface area contributed by atoms with Crippen LogP contribution in [0.25, 0.3) is 5.69 Å². The van der Waals surface area contributed by atoms with Gasteiger partial charge in [-0.25, -0.2) is 8.42 Å². The molecule has 1 aromatic heterocycles. The average Bonchev–Trinajstić information content (AvgIpc) is 3.04. The summed E-state index contributed by atoms with van der Waals surface area (Å²) < 4.78 is 24.5. The summed E-state index contributed by atoms with van der Waals surface area (Å²) >= 11 is 7.36. The topological polar surface area (TPSA) is 93.9 Å². The number of sulfone groups is 1. The minimum atomic E-state index is -3.08. The maximum atomic E-state index is 11.9. The van der Waals surface area contributed by atoms with E-state index in [1.807, 2.05) is 19.1 Å². The molecule has 1 amide bonds. The molecule has 0 bridgehead atoms. The van der Waals surface area contributed by atoms with E-state index < -0.39 is 9.84 Å². The van der Waals surface area contributed by atoms with E-state index in [4.69, 9.17) is 11.6 Å². The summed E-state index contributed by atoms with van der Waals surface area (Å²) in [5, 5.41) is 11.7. The van der Waals surface area contributed by atoms with E-state index in [1.54, 1.807) is 23.9 Å². The predicted molar refractivity (Wildman–Crippen MR) is 99.2 cm³/mol. The van der Waals surface area contributed by atoms with Crippen LogP contribution in [0.2, 0.25) is 5.02 Å². The maximum Gasteiger partial charge on any atom is 0.230 e. The van der Waals surface area contributed by atoms with Gasteiger partial charge >= 0.3 is 0 Å². The van der Waals surface area contributed by atoms with Crippen molar-refractivity contribution in [2.75, 3.05) is 23.8 Å². The van der Waals surface area contributed by atoms with Crippen molar-refractivity contribution in [3.63, 3.8) is 0 Å². The molecule has 10 heteroatoms. The number of amides is 1. The standard InChI is InChI=1S/C15H19ClN4O3S2/c1-3-25(22,23)7-6-17-14(21)9-24-15-19-18-10-20(15)12-5-4-11(2)13(16)8-12/h4-5,8,10H,3,6-7,9H2,1-2H3,(H,17,21). The number of nitrogens with one attached hydrogen (secondary N) is 1. The summed E-state index contributed by atoms with van der Waals surface area (Å²) in [7, 11) is -3.08. The van der Waals surface area contributed by atoms with E-state index >= 15 is 0 Å². The number of halogens is 1. The fraction of sp³-hybridized carbons (Fsp3) is 0.400. The van der Waals surface area contributed by atoms with Crippen molar-refractivity contribution >= 4 is 39.1 Å². The Morgan fingerprint density at radius 2 is 2.16 bits per heavy atom. The van der Waals surface area contributed by atoms with Crippen molar-refractivity contribution in [1.29, 1.82) is 0 Å². The van der Waals surface area contributed by atoms with E-state index in [1.165, 1.54) is 11.8 Å². The highest BCUT2D eigenvalue weighted by Crippen LogP contribution is 2.23. The molecule has 1 N–H and O–H groups in total. The van der Waals surface area contributed by atoms with Crippen molar-refractivity contribution in [3.05, 3.63) is 35.1 Å². The molecule has 1 heterocycles. The summed E-state index contributed by atoms with van der Waals surface area (Å²) in [5.41, 5.74) is 1.77. The Morgan fingerprint density at radius 3 is 2.84 bits per heavy atom. The van der Waals surface area contributed by atoms with Gasteiger partial charge < -0.3 is 5.32 Å². The second-order valence-corrected chi connectivity index (χ2v) is 9.11. The first kappa shape index (κ1) is 19.7. The lowest BCUT2D eigenvalue weighted by Gasteiger charge is -2.08. The summed E-state index contributed by atoms with van der Waals surface area (Å²) in [6, 6.07) is 5.59. The molecule has 0 saturated carbocycles. The van der Waals surface area contributed by atoms with E-state index in [9.17, 15) is 13.2 Å². The number of aromatic nitrogens is 3. The van der Waals surface area contributed by atoms with Crippen LogP contribution in [-0.4, -0.2) is 52.9 Å². The molecule has 0 radical (unpaired) electrons. The van der Waals surface area contributed by atoms with Crippen LogP contribution >= 0.6 is 23.4 Å². The molecular weight excluding hydrogens is 384 g/mol. The number of hydrogen-bond donors (Lipinski definition) is 1. The molecule has 1 aromatic carbocycles. The molecule has 2 aromatic rings. The van der Waals surface area contributed by atoms with Gasteiger partial charge in [0.25, 0.3) is 0 Å². The fourth-order valence-electron chi connectivity index (χ4n) is 1.90. The fourth-order valence-corrected chi connectivity index (χ4v) is 3.54. The first-order chi connectivity index (χ1) is 11.8. The third-order valence-electron chi connectivity index (χ3n) is 3.46. The van der Waals surface area contributed by atoms with Crippen molar-refractivity contribution in [1.82, 2.24) is 20.1 Å². The molecular formula is C15H19ClN4O3S2. The first-order valence-corrected chi connectivity index (χ1v) is 10.8. The van der Waals surface area contributed by atoms with Crippen LogP contribution < -0.4 is 5.32 Å². The van der Waals surface area contributed by atoms with Crippen LogP contribution in [0.15, 0.2) is 29.7 Å². The van der Waals surface area contributed by atoms with Gasteiger partial charge in [0.1, 0.15) is 6.33 Å². The molecule has 0 aliphatic carbocycles. The Kier molecular flexibility index (Phi) is 6.86. The smallest absolute Gasteiger partial charge is 0.230 e. The second kappa shape index (κ2) is 8.68. The third-order valence-corrected chi connectivity index (χ3v) is 6.51. The van der Waals surface area contributed by atoms with Gasteiger partial charge in [0.05, 0.1) is 17.2 Å². The highest BCUT2D eigenvalue weighted by Gasteiger charge is 2.12. The Balaban J connectivity index is 1.93. The number of carbonyl (C=O) groups excluding carboxylic acids is 1. The van der Waals surface area contributed by atoms with Crippen molar-refractivity contribution in [3.8, 4) is 5.69 Å². The van der Waals surface area contributed by atoms with E-state index in [0.29, 0.717) is 10.2 Å². The van der Waals surface area contributed by atoms with Gasteiger partial charge in [-0.3, -0.25) is 9.36 Å². The van der Waals surface area contributed by atoms with E-state index in [2.05, 4.69) is 15.5 Å². The van der Waals surface area contributed by atoms with Gasteiger partial charge in [-0.05, 0) is 24.6 Å². The average molecular weight is 403 g/mol. The van der Waals surface area contributed by atoms with E-state index in [-0.39, 0.29) is 29.7 Å². The van der Waals surface area contributed by atoms with Gasteiger partial charge in [0, 0.05) is 17.3 Å². The lowest BCUT2D eigenvalue weighted by atomic mass is 10.2. The molecule has 0 saturated heterocycles. The molecule has 7 nitrogen and oxygen atoms in total. The molecule has 0 fully saturated rings. The molecule has 2 rings (SSSR count). The molecule has 0 aliphatic heterocycles. The minimum absolute atomic E-state index is 0.0576. The summed E-state index contributed by atoms with van der Waals surface area (Å²) in [6.07, 6.45) is 1.55. The Hall–Kier alpha value is -1.58. The zero-order valence-electron chi connectivity index (χ0n) is 13.9. The SMILES string of the molecule is CCS(=O)(=O)CCNC(=O)CSc1nncn1-c1ccc(C)c(Cl)c1. The van der Waals surface area contributed by atoms with Crippen LogP contribution in [0.3, 0.4) is 0 Å². The number of hydrogen-bond acceptors (Lipinski definition) is 6. The third kappa shape index (κ3) is 5.72. The van der Waals surface area contributed by atoms with Gasteiger partial charge in [0.2, 0.25) is 5.91 Å². The number of nitrogens with zero attached hydrogens (tertiary/aromatic N) is 3. The maximum absolute atomic E-state index is 11.9. The van der Waals surface area contributed by atoms with Crippen LogP contribution in [-0.2, 0) is 14.6 Å². The normalized spacial score (nSPS) is 11.5. The Morgan fingerprint density at radius 1 is 1.40 bits per heavy atom. The number of aryl methyl sites for hydroxylation is 1. The van der Waals surface area contributed by atoms with Crippen molar-refractivity contribution < 1.29 is 13.2 Å². The number of rotatable bonds is 8. The molecule has 0 atom stereocenters. The lowest BCUT2D eigenvalue weighted by Crippen LogP contribution is -2.30. The van der Waals surface area contributed by atoms with Gasteiger partial charge in [-0.1, -0.05) is 36.4 Å². The van der Waals surface area contributed by atoms with Crippen molar-refractivity contribution in [2.45, 2.75) is 19.0 Å². The Labute approximate surface area is 156 Å². The van der Waals surface area contributed by atoms with Crippen molar-refractivity contribution in [2.24, 2.45) is 0 Å². The molecule has 25 heavy (non-hydrogen) atoms. The first-order valence-electron chi connectivity index (χ1n) is 7.59. The van der Waals surface area contributed by atoms with Crippen LogP contribution in [0, 0.1) is 6.92 Å². The quantitative estimate of drug-likeness (QED) is 0.677. The molecule has 136 valence electrons. The highest BCUT2D eigenvalue weighted by molar-refractivity contribution is 7.99. The second-order valence-electron chi connectivity index (χ2n) is 5.29. The number of thioether (sulfide) groups is 1. The molecule has 0 unspecified atom stereocenters. The van der Waals surface area contributed by atoms with Crippen LogP contribution in [0.5, 0.6) is 0 Å². The highest BCUT2D eigenvalue weighted by atomic mass is 35.5. The minimum Gasteiger partial charge on any atom is -0.354 e. The van der Waals surface area contributed by atoms with Gasteiger partial charge in [-0.2, -0.15) is 0 Å². The van der Waals surface area contributed by atoms with Crippen LogP contribution in [0.1, 0.15) is 12.5 Å². The van der Waals surface area contributed by atoms with Gasteiger partial charge in [-0.15, -0.1) is 10.2 Å². The summed E-state index contributed by atoms with van der Waals surface area (Å²) in [6.45, 7) is 3.60. The summed E-state index contributed by atoms with van der Waals surface area (Å²) in [4.78, 5) is 11.9. The zero-order valence-corrected chi connectivity index (χ0v) is 16.3. The summed E-state index contributed by atoms with van der Waals surface area (Å²) in [5.74, 6) is -0.129. The molecule has 0 spiro atoms. The monoisotopic (exact) mass is 402 g/mol. The Bertz CT molecular complexity index is 852. The zero-order chi connectivity index (χ0) is 18.4. The largest absolute Gasteiger partial charge is 0.354 e. The molecule has 0 aliphatic rings.